The number of hydrogen-bond donors (Lipinski definition) is 2. The van der Waals surface area contributed by atoms with Crippen LogP contribution in [0.4, 0.5) is 5.69 Å². The summed E-state index contributed by atoms with van der Waals surface area (Å²) in [6, 6.07) is 3.27. The van der Waals surface area contributed by atoms with Crippen molar-refractivity contribution >= 4 is 22.9 Å². The molecule has 0 spiro atoms. The second kappa shape index (κ2) is 7.10. The average molecular weight is 323 g/mol. The number of aromatic nitrogens is 1. The number of carbonyl (C=O) groups excluding carboxylic acids is 1. The number of amides is 1. The molecule has 0 aliphatic carbocycles. The normalized spacial score (nSPS) is 10.2. The van der Waals surface area contributed by atoms with E-state index in [1.807, 2.05) is 0 Å². The molecule has 0 unspecified atom stereocenters. The third kappa shape index (κ3) is 3.29. The lowest BCUT2D eigenvalue weighted by Gasteiger charge is -2.14. The number of rotatable bonds is 6. The summed E-state index contributed by atoms with van der Waals surface area (Å²) in [5, 5.41) is 5.10. The molecule has 7 nitrogen and oxygen atoms in total. The van der Waals surface area contributed by atoms with Crippen molar-refractivity contribution < 1.29 is 19.0 Å². The molecule has 1 aromatic carbocycles. The maximum atomic E-state index is 12.2. The first kappa shape index (κ1) is 16.1. The second-order valence-corrected chi connectivity index (χ2v) is 5.13. The minimum absolute atomic E-state index is 0.303. The predicted octanol–water partition coefficient (Wildman–Crippen LogP) is 1.88. The summed E-state index contributed by atoms with van der Waals surface area (Å²) >= 11 is 1.34. The van der Waals surface area contributed by atoms with Gasteiger partial charge in [-0.25, -0.2) is 4.98 Å². The highest BCUT2D eigenvalue weighted by Gasteiger charge is 2.16. The quantitative estimate of drug-likeness (QED) is 0.842. The molecule has 8 heteroatoms. The summed E-state index contributed by atoms with van der Waals surface area (Å²) in [6.07, 6.45) is 0. The number of nitrogens with two attached hydrogens (primary N) is 1. The lowest BCUT2D eigenvalue weighted by atomic mass is 10.2. The zero-order chi connectivity index (χ0) is 16.1. The molecular formula is C14H17N3O4S. The Morgan fingerprint density at radius 2 is 1.82 bits per heavy atom. The molecule has 1 amide bonds. The van der Waals surface area contributed by atoms with Crippen molar-refractivity contribution in [3.8, 4) is 17.2 Å². The molecule has 0 bridgehead atoms. The first-order chi connectivity index (χ1) is 10.6. The van der Waals surface area contributed by atoms with Crippen molar-refractivity contribution in [1.82, 2.24) is 4.98 Å². The van der Waals surface area contributed by atoms with E-state index in [0.29, 0.717) is 40.2 Å². The van der Waals surface area contributed by atoms with Gasteiger partial charge in [0.05, 0.1) is 27.0 Å². The van der Waals surface area contributed by atoms with Gasteiger partial charge in [-0.3, -0.25) is 4.79 Å². The van der Waals surface area contributed by atoms with Gasteiger partial charge in [0.1, 0.15) is 16.5 Å². The molecule has 0 aliphatic heterocycles. The van der Waals surface area contributed by atoms with Gasteiger partial charge in [0.2, 0.25) is 0 Å². The summed E-state index contributed by atoms with van der Waals surface area (Å²) in [6.45, 7) is 0.303. The Labute approximate surface area is 132 Å². The highest BCUT2D eigenvalue weighted by molar-refractivity contribution is 7.09. The highest BCUT2D eigenvalue weighted by atomic mass is 32.1. The van der Waals surface area contributed by atoms with Crippen LogP contribution < -0.4 is 25.3 Å². The minimum Gasteiger partial charge on any atom is -0.494 e. The first-order valence-electron chi connectivity index (χ1n) is 6.38. The molecule has 0 radical (unpaired) electrons. The first-order valence-corrected chi connectivity index (χ1v) is 7.26. The zero-order valence-electron chi connectivity index (χ0n) is 12.5. The van der Waals surface area contributed by atoms with Gasteiger partial charge >= 0.3 is 0 Å². The molecule has 2 rings (SSSR count). The Hall–Kier alpha value is -2.32. The fraction of sp³-hybridized carbons (Fsp3) is 0.286. The summed E-state index contributed by atoms with van der Waals surface area (Å²) in [7, 11) is 4.55. The van der Waals surface area contributed by atoms with Crippen molar-refractivity contribution in [2.45, 2.75) is 6.54 Å². The molecule has 22 heavy (non-hydrogen) atoms. The third-order valence-electron chi connectivity index (χ3n) is 2.91. The summed E-state index contributed by atoms with van der Waals surface area (Å²) < 4.78 is 15.7. The Bertz CT molecular complexity index is 672. The second-order valence-electron chi connectivity index (χ2n) is 4.19. The van der Waals surface area contributed by atoms with E-state index in [9.17, 15) is 4.79 Å². The highest BCUT2D eigenvalue weighted by Crippen LogP contribution is 2.37. The van der Waals surface area contributed by atoms with E-state index in [1.165, 1.54) is 32.7 Å². The SMILES string of the molecule is COc1cc(OC)c(OC)cc1NC(=O)c1csc(CN)n1. The summed E-state index contributed by atoms with van der Waals surface area (Å²) in [5.41, 5.74) is 6.27. The standard InChI is InChI=1S/C14H17N3O4S/c1-19-10-5-12(21-3)11(20-2)4-8(10)17-14(18)9-7-22-13(6-15)16-9/h4-5,7H,6,15H2,1-3H3,(H,17,18). The van der Waals surface area contributed by atoms with Crippen molar-refractivity contribution in [3.63, 3.8) is 0 Å². The van der Waals surface area contributed by atoms with Crippen molar-refractivity contribution in [1.29, 1.82) is 0 Å². The maximum Gasteiger partial charge on any atom is 0.275 e. The number of methoxy groups -OCH3 is 3. The zero-order valence-corrected chi connectivity index (χ0v) is 13.3. The van der Waals surface area contributed by atoms with Crippen molar-refractivity contribution in [3.05, 3.63) is 28.2 Å². The number of ether oxygens (including phenoxy) is 3. The summed E-state index contributed by atoms with van der Waals surface area (Å²) in [5.74, 6) is 1.11. The minimum atomic E-state index is -0.346. The Kier molecular flexibility index (Phi) is 5.18. The van der Waals surface area contributed by atoms with E-state index in [1.54, 1.807) is 17.5 Å². The van der Waals surface area contributed by atoms with Crippen LogP contribution >= 0.6 is 11.3 Å². The van der Waals surface area contributed by atoms with E-state index in [-0.39, 0.29) is 5.91 Å². The third-order valence-corrected chi connectivity index (χ3v) is 3.78. The Morgan fingerprint density at radius 3 is 2.36 bits per heavy atom. The van der Waals surface area contributed by atoms with Crippen LogP contribution in [0, 0.1) is 0 Å². The fourth-order valence-corrected chi connectivity index (χ4v) is 2.48. The van der Waals surface area contributed by atoms with Gasteiger partial charge in [-0.2, -0.15) is 0 Å². The number of nitrogens with zero attached hydrogens (tertiary/aromatic N) is 1. The summed E-state index contributed by atoms with van der Waals surface area (Å²) in [4.78, 5) is 16.4. The van der Waals surface area contributed by atoms with Gasteiger partial charge in [-0.05, 0) is 0 Å². The molecule has 3 N–H and O–H groups in total. The van der Waals surface area contributed by atoms with Crippen molar-refractivity contribution in [2.24, 2.45) is 5.73 Å². The van der Waals surface area contributed by atoms with Crippen LogP contribution in [0.2, 0.25) is 0 Å². The number of hydrogen-bond acceptors (Lipinski definition) is 7. The molecule has 0 saturated heterocycles. The molecule has 1 aromatic heterocycles. The van der Waals surface area contributed by atoms with Gasteiger partial charge in [-0.15, -0.1) is 11.3 Å². The number of thiazole rings is 1. The largest absolute Gasteiger partial charge is 0.494 e. The van der Waals surface area contributed by atoms with Crippen LogP contribution in [-0.2, 0) is 6.54 Å². The number of nitrogens with one attached hydrogen (secondary N) is 1. The van der Waals surface area contributed by atoms with Gasteiger partial charge in [-0.1, -0.05) is 0 Å². The molecular weight excluding hydrogens is 306 g/mol. The monoisotopic (exact) mass is 323 g/mol. The predicted molar refractivity (Wildman–Crippen MR) is 84.1 cm³/mol. The van der Waals surface area contributed by atoms with Crippen LogP contribution in [0.25, 0.3) is 0 Å². The molecule has 118 valence electrons. The van der Waals surface area contributed by atoms with Crippen LogP contribution in [0.15, 0.2) is 17.5 Å². The van der Waals surface area contributed by atoms with Gasteiger partial charge < -0.3 is 25.3 Å². The van der Waals surface area contributed by atoms with Gasteiger partial charge in [0, 0.05) is 24.1 Å². The Balaban J connectivity index is 2.29. The van der Waals surface area contributed by atoms with Gasteiger partial charge in [0.25, 0.3) is 5.91 Å². The van der Waals surface area contributed by atoms with Crippen LogP contribution in [-0.4, -0.2) is 32.2 Å². The van der Waals surface area contributed by atoms with Gasteiger partial charge in [0.15, 0.2) is 11.5 Å². The Morgan fingerprint density at radius 1 is 1.18 bits per heavy atom. The lowest BCUT2D eigenvalue weighted by Crippen LogP contribution is -2.13. The fourth-order valence-electron chi connectivity index (χ4n) is 1.82. The molecule has 0 atom stereocenters. The van der Waals surface area contributed by atoms with E-state index >= 15 is 0 Å². The number of benzene rings is 1. The van der Waals surface area contributed by atoms with Crippen molar-refractivity contribution in [2.75, 3.05) is 26.6 Å². The van der Waals surface area contributed by atoms with E-state index < -0.39 is 0 Å². The smallest absolute Gasteiger partial charge is 0.275 e. The molecule has 0 fully saturated rings. The molecule has 1 heterocycles. The number of carbonyl (C=O) groups is 1. The topological polar surface area (TPSA) is 95.7 Å². The lowest BCUT2D eigenvalue weighted by molar-refractivity contribution is 0.102. The van der Waals surface area contributed by atoms with E-state index in [4.69, 9.17) is 19.9 Å². The average Bonchev–Trinajstić information content (AvgIpc) is 3.03. The number of anilines is 1. The van der Waals surface area contributed by atoms with Crippen LogP contribution in [0.5, 0.6) is 17.2 Å². The maximum absolute atomic E-state index is 12.2. The molecule has 2 aromatic rings. The molecule has 0 aliphatic rings. The van der Waals surface area contributed by atoms with E-state index in [2.05, 4.69) is 10.3 Å². The van der Waals surface area contributed by atoms with Crippen LogP contribution in [0.3, 0.4) is 0 Å². The van der Waals surface area contributed by atoms with Crippen LogP contribution in [0.1, 0.15) is 15.5 Å². The molecule has 0 saturated carbocycles. The van der Waals surface area contributed by atoms with E-state index in [0.717, 1.165) is 0 Å².